The van der Waals surface area contributed by atoms with Gasteiger partial charge in [0.05, 0.1) is 6.10 Å². The van der Waals surface area contributed by atoms with Crippen LogP contribution in [0.3, 0.4) is 0 Å². The third-order valence-electron chi connectivity index (χ3n) is 7.56. The molecule has 1 atom stereocenters. The quantitative estimate of drug-likeness (QED) is 0.310. The minimum absolute atomic E-state index is 0.222. The van der Waals surface area contributed by atoms with Crippen molar-refractivity contribution in [1.82, 2.24) is 0 Å². The molecule has 3 heteroatoms. The molecule has 0 heterocycles. The van der Waals surface area contributed by atoms with Gasteiger partial charge in [-0.2, -0.15) is 8.78 Å². The standard InChI is InChI=1S/C24H38F2O/c1-2-3-4-5-18-6-8-19(9-7-18)20-10-12-21(13-11-20)22-14-16-23(17-15-22)27-24(25)26/h2,12,18-20,22-24H,1,3-11,13-17H2. The monoisotopic (exact) mass is 380 g/mol. The van der Waals surface area contributed by atoms with E-state index in [9.17, 15) is 8.78 Å². The molecule has 2 saturated carbocycles. The van der Waals surface area contributed by atoms with Gasteiger partial charge in [0.2, 0.25) is 0 Å². The zero-order valence-electron chi connectivity index (χ0n) is 16.9. The van der Waals surface area contributed by atoms with Crippen molar-refractivity contribution in [2.45, 2.75) is 103 Å². The third kappa shape index (κ3) is 6.41. The molecule has 1 nitrogen and oxygen atoms in total. The zero-order chi connectivity index (χ0) is 19.1. The van der Waals surface area contributed by atoms with Gasteiger partial charge in [-0.15, -0.1) is 6.58 Å². The lowest BCUT2D eigenvalue weighted by atomic mass is 9.69. The molecular weight excluding hydrogens is 342 g/mol. The van der Waals surface area contributed by atoms with E-state index in [1.54, 1.807) is 5.57 Å². The first-order valence-corrected chi connectivity index (χ1v) is 11.4. The van der Waals surface area contributed by atoms with Crippen LogP contribution in [0.2, 0.25) is 0 Å². The molecule has 0 aliphatic heterocycles. The lowest BCUT2D eigenvalue weighted by Gasteiger charge is -2.37. The minimum Gasteiger partial charge on any atom is -0.320 e. The van der Waals surface area contributed by atoms with Gasteiger partial charge in [-0.3, -0.25) is 0 Å². The van der Waals surface area contributed by atoms with Gasteiger partial charge in [0, 0.05) is 0 Å². The summed E-state index contributed by atoms with van der Waals surface area (Å²) < 4.78 is 29.4. The first-order chi connectivity index (χ1) is 13.2. The van der Waals surface area contributed by atoms with Crippen LogP contribution in [0.4, 0.5) is 8.78 Å². The van der Waals surface area contributed by atoms with Crippen LogP contribution in [0.1, 0.15) is 89.9 Å². The third-order valence-corrected chi connectivity index (χ3v) is 7.56. The molecule has 0 spiro atoms. The summed E-state index contributed by atoms with van der Waals surface area (Å²) in [5, 5.41) is 0. The van der Waals surface area contributed by atoms with Crippen LogP contribution in [-0.2, 0) is 4.74 Å². The topological polar surface area (TPSA) is 9.23 Å². The van der Waals surface area contributed by atoms with Crippen molar-refractivity contribution in [3.05, 3.63) is 24.3 Å². The first-order valence-electron chi connectivity index (χ1n) is 11.4. The second kappa shape index (κ2) is 10.7. The highest BCUT2D eigenvalue weighted by atomic mass is 19.3. The van der Waals surface area contributed by atoms with E-state index < -0.39 is 6.61 Å². The largest absolute Gasteiger partial charge is 0.345 e. The Morgan fingerprint density at radius 3 is 2.33 bits per heavy atom. The normalized spacial score (nSPS) is 35.1. The summed E-state index contributed by atoms with van der Waals surface area (Å²) in [7, 11) is 0. The van der Waals surface area contributed by atoms with Gasteiger partial charge in [-0.05, 0) is 94.3 Å². The van der Waals surface area contributed by atoms with E-state index in [4.69, 9.17) is 4.74 Å². The number of unbranched alkanes of at least 4 members (excludes halogenated alkanes) is 1. The van der Waals surface area contributed by atoms with Crippen molar-refractivity contribution < 1.29 is 13.5 Å². The predicted octanol–water partition coefficient (Wildman–Crippen LogP) is 7.67. The molecule has 0 aromatic rings. The second-order valence-corrected chi connectivity index (χ2v) is 9.18. The number of allylic oxidation sites excluding steroid dienone is 3. The number of halogens is 2. The maximum Gasteiger partial charge on any atom is 0.345 e. The Kier molecular flexibility index (Phi) is 8.36. The summed E-state index contributed by atoms with van der Waals surface area (Å²) in [6.45, 7) is 1.22. The number of rotatable bonds is 8. The van der Waals surface area contributed by atoms with Gasteiger partial charge in [-0.25, -0.2) is 0 Å². The number of ether oxygens (including phenoxy) is 1. The molecule has 154 valence electrons. The predicted molar refractivity (Wildman–Crippen MR) is 108 cm³/mol. The SMILES string of the molecule is C=CCCCC1CCC(C2CC=C(C3CCC(OC(F)F)CC3)CC2)CC1. The minimum atomic E-state index is -2.61. The lowest BCUT2D eigenvalue weighted by Crippen LogP contribution is -2.27. The number of hydrogen-bond acceptors (Lipinski definition) is 1. The van der Waals surface area contributed by atoms with Gasteiger partial charge < -0.3 is 4.74 Å². The highest BCUT2D eigenvalue weighted by Crippen LogP contribution is 2.43. The van der Waals surface area contributed by atoms with Crippen molar-refractivity contribution in [2.24, 2.45) is 23.7 Å². The Hall–Kier alpha value is -0.700. The molecule has 0 saturated heterocycles. The molecule has 3 rings (SSSR count). The highest BCUT2D eigenvalue weighted by molar-refractivity contribution is 5.12. The van der Waals surface area contributed by atoms with Crippen LogP contribution in [0, 0.1) is 23.7 Å². The smallest absolute Gasteiger partial charge is 0.320 e. The van der Waals surface area contributed by atoms with E-state index in [2.05, 4.69) is 18.7 Å². The summed E-state index contributed by atoms with van der Waals surface area (Å²) >= 11 is 0. The van der Waals surface area contributed by atoms with Crippen molar-refractivity contribution in [1.29, 1.82) is 0 Å². The lowest BCUT2D eigenvalue weighted by molar-refractivity contribution is -0.170. The van der Waals surface area contributed by atoms with Crippen LogP contribution < -0.4 is 0 Å². The summed E-state index contributed by atoms with van der Waals surface area (Å²) in [4.78, 5) is 0. The maximum atomic E-state index is 12.4. The van der Waals surface area contributed by atoms with E-state index in [0.717, 1.165) is 43.4 Å². The van der Waals surface area contributed by atoms with Gasteiger partial charge in [-0.1, -0.05) is 37.0 Å². The Balaban J connectivity index is 1.37. The van der Waals surface area contributed by atoms with Crippen LogP contribution in [0.5, 0.6) is 0 Å². The molecule has 0 aromatic heterocycles. The van der Waals surface area contributed by atoms with Crippen LogP contribution in [0.15, 0.2) is 24.3 Å². The van der Waals surface area contributed by atoms with Gasteiger partial charge in [0.1, 0.15) is 0 Å². The molecule has 0 amide bonds. The molecule has 1 unspecified atom stereocenters. The summed E-state index contributed by atoms with van der Waals surface area (Å²) in [6, 6.07) is 0. The van der Waals surface area contributed by atoms with Crippen molar-refractivity contribution in [2.75, 3.05) is 0 Å². The van der Waals surface area contributed by atoms with Crippen LogP contribution >= 0.6 is 0 Å². The average molecular weight is 381 g/mol. The van der Waals surface area contributed by atoms with Crippen LogP contribution in [-0.4, -0.2) is 12.7 Å². The van der Waals surface area contributed by atoms with E-state index in [-0.39, 0.29) is 6.10 Å². The van der Waals surface area contributed by atoms with E-state index in [0.29, 0.717) is 5.92 Å². The number of alkyl halides is 2. The van der Waals surface area contributed by atoms with Gasteiger partial charge in [0.25, 0.3) is 0 Å². The van der Waals surface area contributed by atoms with Crippen LogP contribution in [0.25, 0.3) is 0 Å². The van der Waals surface area contributed by atoms with E-state index in [1.807, 2.05) is 0 Å². The molecule has 0 aromatic carbocycles. The molecule has 3 aliphatic rings. The van der Waals surface area contributed by atoms with Gasteiger partial charge in [0.15, 0.2) is 0 Å². The highest BCUT2D eigenvalue weighted by Gasteiger charge is 2.31. The molecule has 0 radical (unpaired) electrons. The molecular formula is C24H38F2O. The fourth-order valence-corrected chi connectivity index (χ4v) is 5.89. The Morgan fingerprint density at radius 1 is 1.00 bits per heavy atom. The zero-order valence-corrected chi connectivity index (χ0v) is 16.9. The average Bonchev–Trinajstić information content (AvgIpc) is 2.69. The Labute approximate surface area is 164 Å². The molecule has 0 N–H and O–H groups in total. The molecule has 2 fully saturated rings. The Morgan fingerprint density at radius 2 is 1.74 bits per heavy atom. The molecule has 3 aliphatic carbocycles. The maximum absolute atomic E-state index is 12.4. The second-order valence-electron chi connectivity index (χ2n) is 9.18. The summed E-state index contributed by atoms with van der Waals surface area (Å²) in [5.41, 5.74) is 1.62. The molecule has 0 bridgehead atoms. The number of hydrogen-bond donors (Lipinski definition) is 0. The summed E-state index contributed by atoms with van der Waals surface area (Å²) in [5.74, 6) is 3.42. The first kappa shape index (κ1) is 21.0. The van der Waals surface area contributed by atoms with Crippen molar-refractivity contribution in [3.8, 4) is 0 Å². The Bertz CT molecular complexity index is 471. The van der Waals surface area contributed by atoms with E-state index >= 15 is 0 Å². The summed E-state index contributed by atoms with van der Waals surface area (Å²) in [6.07, 6.45) is 21.5. The molecule has 27 heavy (non-hydrogen) atoms. The fourth-order valence-electron chi connectivity index (χ4n) is 5.89. The van der Waals surface area contributed by atoms with Gasteiger partial charge >= 0.3 is 6.61 Å². The fraction of sp³-hybridized carbons (Fsp3) is 0.833. The van der Waals surface area contributed by atoms with Crippen molar-refractivity contribution >= 4 is 0 Å². The van der Waals surface area contributed by atoms with E-state index in [1.165, 1.54) is 64.2 Å². The van der Waals surface area contributed by atoms with Crippen molar-refractivity contribution in [3.63, 3.8) is 0 Å².